The Morgan fingerprint density at radius 2 is 0.868 bits per heavy atom. The van der Waals surface area contributed by atoms with Crippen molar-refractivity contribution in [2.45, 2.75) is 24.2 Å². The smallest absolute Gasteiger partial charge is 0.245 e. The molecule has 10 heteroatoms. The number of para-hydroxylation sites is 2. The van der Waals surface area contributed by atoms with Crippen LogP contribution in [0.4, 0.5) is 0 Å². The Bertz CT molecular complexity index is 1950. The van der Waals surface area contributed by atoms with E-state index in [4.69, 9.17) is 0 Å². The van der Waals surface area contributed by atoms with Gasteiger partial charge in [0.2, 0.25) is 0 Å². The van der Waals surface area contributed by atoms with Crippen molar-refractivity contribution in [2.75, 3.05) is 0 Å². The Morgan fingerprint density at radius 1 is 0.500 bits per heavy atom. The maximum Gasteiger partial charge on any atom is 0.352 e. The van der Waals surface area contributed by atoms with Crippen LogP contribution in [0.1, 0.15) is 24.2 Å². The van der Waals surface area contributed by atoms with E-state index in [1.54, 1.807) is 43.0 Å². The van der Waals surface area contributed by atoms with Crippen molar-refractivity contribution in [3.05, 3.63) is 115 Å². The summed E-state index contributed by atoms with van der Waals surface area (Å²) in [4.78, 5) is 55.6. The largest absolute Gasteiger partial charge is 0.352 e. The molecule has 2 aromatic heterocycles. The van der Waals surface area contributed by atoms with Gasteiger partial charge < -0.3 is 0 Å². The molecule has 6 heterocycles. The highest BCUT2D eigenvalue weighted by molar-refractivity contribution is 5.55. The monoisotopic (exact) mass is 504 g/mol. The summed E-state index contributed by atoms with van der Waals surface area (Å²) >= 11 is 0. The SMILES string of the molecule is O=c1n(-c2ccccc2)c(=O)n2n1[C@H]1C=C[C@@H]2[C@]23[C@H]4[C@@H]5[C@H]6[C@@H]4[C@@]12[C@@H]6n1c(=O)n(-c2ccccc2)c(=O)n1[C@@H]53. The molecule has 9 aliphatic rings. The predicted molar refractivity (Wildman–Crippen MR) is 133 cm³/mol. The summed E-state index contributed by atoms with van der Waals surface area (Å²) in [6, 6.07) is 17.2. The first-order chi connectivity index (χ1) is 18.6. The van der Waals surface area contributed by atoms with Crippen LogP contribution in [0, 0.1) is 34.5 Å². The van der Waals surface area contributed by atoms with Crippen LogP contribution >= 0.6 is 0 Å². The molecule has 186 valence electrons. The Labute approximate surface area is 212 Å². The molecule has 38 heavy (non-hydrogen) atoms. The average Bonchev–Trinajstić information content (AvgIpc) is 3.34. The van der Waals surface area contributed by atoms with Crippen LogP contribution in [0.25, 0.3) is 11.4 Å². The second kappa shape index (κ2) is 5.16. The summed E-state index contributed by atoms with van der Waals surface area (Å²) in [6.45, 7) is 0. The van der Waals surface area contributed by atoms with Gasteiger partial charge in [-0.15, -0.1) is 0 Å². The van der Waals surface area contributed by atoms with E-state index in [2.05, 4.69) is 12.2 Å². The number of rotatable bonds is 2. The van der Waals surface area contributed by atoms with Gasteiger partial charge in [0.05, 0.1) is 35.5 Å². The number of allylic oxidation sites excluding steroid dienone is 2. The summed E-state index contributed by atoms with van der Waals surface area (Å²) in [5, 5.41) is 0. The highest BCUT2D eigenvalue weighted by Crippen LogP contribution is 3.06. The molecule has 4 aromatic rings. The Balaban J connectivity index is 1.21. The molecule has 13 rings (SSSR count). The van der Waals surface area contributed by atoms with Crippen molar-refractivity contribution in [3.8, 4) is 11.4 Å². The minimum Gasteiger partial charge on any atom is -0.245 e. The van der Waals surface area contributed by atoms with Crippen LogP contribution in [0.2, 0.25) is 0 Å². The zero-order valence-electron chi connectivity index (χ0n) is 19.9. The van der Waals surface area contributed by atoms with Gasteiger partial charge >= 0.3 is 22.8 Å². The molecule has 0 N–H and O–H groups in total. The van der Waals surface area contributed by atoms with Crippen LogP contribution in [0.5, 0.6) is 0 Å². The van der Waals surface area contributed by atoms with E-state index in [-0.39, 0.29) is 57.8 Å². The molecule has 4 fully saturated rings. The van der Waals surface area contributed by atoms with E-state index in [0.717, 1.165) is 0 Å². The highest BCUT2D eigenvalue weighted by Gasteiger charge is 3.06. The molecule has 10 nitrogen and oxygen atoms in total. The fourth-order valence-corrected chi connectivity index (χ4v) is 11.3. The van der Waals surface area contributed by atoms with Gasteiger partial charge in [-0.05, 0) is 47.9 Å². The lowest BCUT2D eigenvalue weighted by atomic mass is 9.03. The topological polar surface area (TPSA) is 97.9 Å². The summed E-state index contributed by atoms with van der Waals surface area (Å²) in [5.41, 5.74) is -0.802. The van der Waals surface area contributed by atoms with Crippen molar-refractivity contribution in [1.82, 2.24) is 27.9 Å². The van der Waals surface area contributed by atoms with E-state index in [1.165, 1.54) is 9.13 Å². The maximum absolute atomic E-state index is 13.9. The van der Waals surface area contributed by atoms with Crippen LogP contribution in [0.3, 0.4) is 0 Å². The van der Waals surface area contributed by atoms with Gasteiger partial charge in [-0.1, -0.05) is 48.6 Å². The van der Waals surface area contributed by atoms with Gasteiger partial charge in [-0.2, -0.15) is 0 Å². The second-order valence-corrected chi connectivity index (χ2v) is 12.1. The van der Waals surface area contributed by atoms with Gasteiger partial charge in [0, 0.05) is 10.8 Å². The molecule has 2 spiro atoms. The molecule has 0 saturated heterocycles. The van der Waals surface area contributed by atoms with Crippen molar-refractivity contribution in [3.63, 3.8) is 0 Å². The average molecular weight is 505 g/mol. The lowest BCUT2D eigenvalue weighted by molar-refractivity contribution is -0.575. The van der Waals surface area contributed by atoms with Crippen LogP contribution in [-0.4, -0.2) is 27.9 Å². The fourth-order valence-electron chi connectivity index (χ4n) is 11.3. The minimum absolute atomic E-state index is 0.147. The number of hydrogen-bond donors (Lipinski definition) is 0. The summed E-state index contributed by atoms with van der Waals surface area (Å²) in [7, 11) is 0. The third kappa shape index (κ3) is 1.33. The van der Waals surface area contributed by atoms with Gasteiger partial charge in [-0.25, -0.2) is 47.0 Å². The first-order valence-corrected chi connectivity index (χ1v) is 13.3. The fraction of sp³-hybridized carbons (Fsp3) is 0.357. The third-order valence-electron chi connectivity index (χ3n) is 11.8. The summed E-state index contributed by atoms with van der Waals surface area (Å²) in [6.07, 6.45) is 4.20. The predicted octanol–water partition coefficient (Wildman–Crippen LogP) is 0.868. The van der Waals surface area contributed by atoms with Crippen molar-refractivity contribution in [2.24, 2.45) is 34.5 Å². The van der Waals surface area contributed by atoms with Crippen LogP contribution in [0.15, 0.2) is 92.0 Å². The minimum atomic E-state index is -0.339. The Kier molecular flexibility index (Phi) is 2.56. The standard InChI is InChI=1S/C28H20N6O4/c35-23-29(13-7-3-1-4-8-13)24(36)32-16-12-11-15(31(23)32)27-19-17-18-20(19)28(16,27)22(18)34-26(38)30(14-9-5-2-6-10-14)25(37)33(34)21(17)27/h1-12,15-22H/t15-,16+,17-,18-,19-,20-,21+,22-,27+,28+/m0/s1. The molecule has 2 aromatic carbocycles. The van der Waals surface area contributed by atoms with Crippen molar-refractivity contribution in [1.29, 1.82) is 0 Å². The number of nitrogens with zero attached hydrogens (tertiary/aromatic N) is 6. The highest BCUT2D eigenvalue weighted by atomic mass is 16.2. The summed E-state index contributed by atoms with van der Waals surface area (Å²) < 4.78 is 9.38. The molecule has 5 aliphatic carbocycles. The number of aromatic nitrogens is 6. The molecule has 0 radical (unpaired) electrons. The number of benzene rings is 2. The van der Waals surface area contributed by atoms with Crippen LogP contribution in [-0.2, 0) is 0 Å². The normalized spacial score (nSPS) is 41.7. The third-order valence-corrected chi connectivity index (χ3v) is 11.8. The lowest BCUT2D eigenvalue weighted by Gasteiger charge is -3.03. The molecule has 10 atom stereocenters. The van der Waals surface area contributed by atoms with Gasteiger partial charge in [0.15, 0.2) is 0 Å². The lowest BCUT2D eigenvalue weighted by Crippen LogP contribution is -3.04. The number of hydrogen-bond acceptors (Lipinski definition) is 4. The first-order valence-electron chi connectivity index (χ1n) is 13.3. The van der Waals surface area contributed by atoms with Crippen LogP contribution < -0.4 is 22.8 Å². The molecule has 4 bridgehead atoms. The van der Waals surface area contributed by atoms with Crippen molar-refractivity contribution < 1.29 is 0 Å². The zero-order chi connectivity index (χ0) is 25.0. The van der Waals surface area contributed by atoms with E-state index < -0.39 is 0 Å². The molecular formula is C28H20N6O4. The Hall–Kier alpha value is -4.34. The summed E-state index contributed by atoms with van der Waals surface area (Å²) in [5.74, 6) is 1.57. The quantitative estimate of drug-likeness (QED) is 0.379. The van der Waals surface area contributed by atoms with E-state index in [9.17, 15) is 19.2 Å². The van der Waals surface area contributed by atoms with E-state index in [0.29, 0.717) is 35.0 Å². The first kappa shape index (κ1) is 18.8. The second-order valence-electron chi connectivity index (χ2n) is 12.1. The molecule has 4 aliphatic heterocycles. The molecule has 0 amide bonds. The molecule has 4 saturated carbocycles. The van der Waals surface area contributed by atoms with Gasteiger partial charge in [0.1, 0.15) is 0 Å². The van der Waals surface area contributed by atoms with Gasteiger partial charge in [0.25, 0.3) is 0 Å². The van der Waals surface area contributed by atoms with Gasteiger partial charge in [-0.3, -0.25) is 0 Å². The van der Waals surface area contributed by atoms with E-state index >= 15 is 0 Å². The Morgan fingerprint density at radius 3 is 1.26 bits per heavy atom. The maximum atomic E-state index is 13.9. The molecule has 0 unspecified atom stereocenters. The van der Waals surface area contributed by atoms with Crippen molar-refractivity contribution >= 4 is 0 Å². The zero-order valence-corrected chi connectivity index (χ0v) is 19.9. The molecular weight excluding hydrogens is 484 g/mol. The van der Waals surface area contributed by atoms with E-state index in [1.807, 2.05) is 36.4 Å².